The molecule has 7 nitrogen and oxygen atoms in total. The normalized spacial score (nSPS) is 14.0. The summed E-state index contributed by atoms with van der Waals surface area (Å²) < 4.78 is 5.16. The lowest BCUT2D eigenvalue weighted by molar-refractivity contribution is -0.142. The van der Waals surface area contributed by atoms with Crippen molar-refractivity contribution in [2.75, 3.05) is 0 Å². The smallest absolute Gasteiger partial charge is 0.408 e. The molecule has 0 aliphatic carbocycles. The second-order valence-electron chi connectivity index (χ2n) is 6.26. The number of ether oxygens (including phenoxy) is 1. The minimum atomic E-state index is -1.09. The van der Waals surface area contributed by atoms with Crippen LogP contribution in [0.4, 0.5) is 4.79 Å². The van der Waals surface area contributed by atoms with E-state index in [1.54, 1.807) is 0 Å². The Labute approximate surface area is 154 Å². The van der Waals surface area contributed by atoms with Gasteiger partial charge in [-0.2, -0.15) is 0 Å². The molecule has 1 aromatic carbocycles. The third kappa shape index (κ3) is 7.13. The quantitative estimate of drug-likeness (QED) is 0.592. The summed E-state index contributed by atoms with van der Waals surface area (Å²) in [5, 5.41) is 14.3. The summed E-state index contributed by atoms with van der Waals surface area (Å²) >= 11 is 0. The maximum absolute atomic E-state index is 12.5. The van der Waals surface area contributed by atoms with Crippen molar-refractivity contribution in [2.24, 2.45) is 5.92 Å². The first-order chi connectivity index (χ1) is 12.4. The molecule has 0 spiro atoms. The van der Waals surface area contributed by atoms with Crippen LogP contribution in [0, 0.1) is 5.92 Å². The molecule has 0 saturated carbocycles. The van der Waals surface area contributed by atoms with E-state index in [2.05, 4.69) is 10.6 Å². The van der Waals surface area contributed by atoms with Crippen molar-refractivity contribution in [2.45, 2.75) is 58.7 Å². The Morgan fingerprint density at radius 3 is 2.31 bits per heavy atom. The lowest BCUT2D eigenvalue weighted by Crippen LogP contribution is -2.54. The Balaban J connectivity index is 2.68. The number of nitrogens with one attached hydrogen (secondary N) is 2. The van der Waals surface area contributed by atoms with Crippen LogP contribution in [0.15, 0.2) is 30.3 Å². The molecule has 0 aromatic heterocycles. The average Bonchev–Trinajstić information content (AvgIpc) is 2.64. The van der Waals surface area contributed by atoms with Gasteiger partial charge in [-0.05, 0) is 17.9 Å². The lowest BCUT2D eigenvalue weighted by Gasteiger charge is -2.25. The molecule has 144 valence electrons. The van der Waals surface area contributed by atoms with E-state index in [-0.39, 0.29) is 12.5 Å². The van der Waals surface area contributed by atoms with Crippen LogP contribution in [0.3, 0.4) is 0 Å². The summed E-state index contributed by atoms with van der Waals surface area (Å²) in [7, 11) is 0. The van der Waals surface area contributed by atoms with Gasteiger partial charge in [0, 0.05) is 0 Å². The molecule has 0 bridgehead atoms. The van der Waals surface area contributed by atoms with Crippen molar-refractivity contribution in [3.63, 3.8) is 0 Å². The molecule has 0 fully saturated rings. The van der Waals surface area contributed by atoms with Crippen LogP contribution in [0.25, 0.3) is 0 Å². The first kappa shape index (κ1) is 21.5. The van der Waals surface area contributed by atoms with Crippen molar-refractivity contribution >= 4 is 18.0 Å². The highest BCUT2D eigenvalue weighted by Crippen LogP contribution is 2.10. The zero-order valence-electron chi connectivity index (χ0n) is 15.5. The van der Waals surface area contributed by atoms with Gasteiger partial charge in [-0.15, -0.1) is 0 Å². The molecule has 1 aromatic rings. The Hall–Kier alpha value is -2.57. The lowest BCUT2D eigenvalue weighted by atomic mass is 9.98. The molecule has 0 saturated heterocycles. The molecule has 7 heteroatoms. The number of amides is 2. The van der Waals surface area contributed by atoms with Gasteiger partial charge >= 0.3 is 12.1 Å². The number of carbonyl (C=O) groups is 3. The Kier molecular flexibility index (Phi) is 9.19. The molecule has 2 amide bonds. The van der Waals surface area contributed by atoms with E-state index in [9.17, 15) is 19.5 Å². The highest BCUT2D eigenvalue weighted by Gasteiger charge is 2.29. The van der Waals surface area contributed by atoms with E-state index in [4.69, 9.17) is 4.74 Å². The van der Waals surface area contributed by atoms with Crippen LogP contribution in [0.1, 0.15) is 45.6 Å². The summed E-state index contributed by atoms with van der Waals surface area (Å²) in [6.07, 6.45) is 0.879. The predicted molar refractivity (Wildman–Crippen MR) is 97.5 cm³/mol. The van der Waals surface area contributed by atoms with Crippen LogP contribution >= 0.6 is 0 Å². The SMILES string of the molecule is CCC[C@H](NC(=O)[C@@H](NC(=O)OCc1ccccc1)[C@@H](C)CC)C(=O)O. The van der Waals surface area contributed by atoms with Crippen LogP contribution < -0.4 is 10.6 Å². The van der Waals surface area contributed by atoms with Gasteiger partial charge in [0.2, 0.25) is 5.91 Å². The zero-order valence-corrected chi connectivity index (χ0v) is 15.5. The number of benzene rings is 1. The number of rotatable bonds is 10. The van der Waals surface area contributed by atoms with Crippen molar-refractivity contribution < 1.29 is 24.2 Å². The minimum absolute atomic E-state index is 0.0924. The Morgan fingerprint density at radius 1 is 1.12 bits per heavy atom. The summed E-state index contributed by atoms with van der Waals surface area (Å²) in [5.74, 6) is -1.78. The number of carboxylic acids is 1. The molecular formula is C19H28N2O5. The van der Waals surface area contributed by atoms with Crippen molar-refractivity contribution in [3.05, 3.63) is 35.9 Å². The molecule has 3 atom stereocenters. The van der Waals surface area contributed by atoms with E-state index in [0.29, 0.717) is 19.3 Å². The monoisotopic (exact) mass is 364 g/mol. The van der Waals surface area contributed by atoms with Crippen molar-refractivity contribution in [1.29, 1.82) is 0 Å². The molecule has 26 heavy (non-hydrogen) atoms. The molecule has 0 aliphatic rings. The standard InChI is InChI=1S/C19H28N2O5/c1-4-9-15(18(23)24)20-17(22)16(13(3)5-2)21-19(25)26-12-14-10-7-6-8-11-14/h6-8,10-11,13,15-16H,4-5,9,12H2,1-3H3,(H,20,22)(H,21,25)(H,23,24)/t13-,15-,16-/m0/s1. The molecule has 0 unspecified atom stereocenters. The maximum Gasteiger partial charge on any atom is 0.408 e. The first-order valence-electron chi connectivity index (χ1n) is 8.89. The second kappa shape index (κ2) is 11.1. The van der Waals surface area contributed by atoms with E-state index in [0.717, 1.165) is 5.56 Å². The Morgan fingerprint density at radius 2 is 1.77 bits per heavy atom. The molecule has 1 rings (SSSR count). The van der Waals surface area contributed by atoms with Gasteiger partial charge in [-0.1, -0.05) is 63.9 Å². The Bertz CT molecular complexity index is 591. The van der Waals surface area contributed by atoms with Crippen LogP contribution in [-0.2, 0) is 20.9 Å². The summed E-state index contributed by atoms with van der Waals surface area (Å²) in [6.45, 7) is 5.64. The van der Waals surface area contributed by atoms with Gasteiger partial charge in [0.25, 0.3) is 0 Å². The van der Waals surface area contributed by atoms with E-state index in [1.165, 1.54) is 0 Å². The number of aliphatic carboxylic acids is 1. The van der Waals surface area contributed by atoms with E-state index < -0.39 is 30.1 Å². The fourth-order valence-corrected chi connectivity index (χ4v) is 2.40. The van der Waals surface area contributed by atoms with Crippen LogP contribution in [0.5, 0.6) is 0 Å². The van der Waals surface area contributed by atoms with Gasteiger partial charge in [0.05, 0.1) is 0 Å². The number of hydrogen-bond acceptors (Lipinski definition) is 4. The first-order valence-corrected chi connectivity index (χ1v) is 8.89. The largest absolute Gasteiger partial charge is 0.480 e. The van der Waals surface area contributed by atoms with Gasteiger partial charge in [0.15, 0.2) is 0 Å². The van der Waals surface area contributed by atoms with Crippen LogP contribution in [-0.4, -0.2) is 35.2 Å². The molecule has 3 N–H and O–H groups in total. The van der Waals surface area contributed by atoms with Crippen molar-refractivity contribution in [3.8, 4) is 0 Å². The minimum Gasteiger partial charge on any atom is -0.480 e. The van der Waals surface area contributed by atoms with Gasteiger partial charge in [0.1, 0.15) is 18.7 Å². The van der Waals surface area contributed by atoms with Gasteiger partial charge in [-0.25, -0.2) is 9.59 Å². The van der Waals surface area contributed by atoms with Crippen LogP contribution in [0.2, 0.25) is 0 Å². The second-order valence-corrected chi connectivity index (χ2v) is 6.26. The average molecular weight is 364 g/mol. The highest BCUT2D eigenvalue weighted by molar-refractivity contribution is 5.89. The molecule has 0 radical (unpaired) electrons. The third-order valence-corrected chi connectivity index (χ3v) is 4.17. The summed E-state index contributed by atoms with van der Waals surface area (Å²) in [5.41, 5.74) is 0.834. The topological polar surface area (TPSA) is 105 Å². The fraction of sp³-hybridized carbons (Fsp3) is 0.526. The molecule has 0 heterocycles. The number of carboxylic acid groups (broad SMARTS) is 1. The predicted octanol–water partition coefficient (Wildman–Crippen LogP) is 2.70. The summed E-state index contributed by atoms with van der Waals surface area (Å²) in [6, 6.07) is 7.37. The maximum atomic E-state index is 12.5. The number of alkyl carbamates (subject to hydrolysis) is 1. The third-order valence-electron chi connectivity index (χ3n) is 4.17. The van der Waals surface area contributed by atoms with E-state index >= 15 is 0 Å². The number of carbonyl (C=O) groups excluding carboxylic acids is 2. The van der Waals surface area contributed by atoms with E-state index in [1.807, 2.05) is 51.1 Å². The summed E-state index contributed by atoms with van der Waals surface area (Å²) in [4.78, 5) is 35.8. The number of hydrogen-bond donors (Lipinski definition) is 3. The molecular weight excluding hydrogens is 336 g/mol. The van der Waals surface area contributed by atoms with Crippen molar-refractivity contribution in [1.82, 2.24) is 10.6 Å². The van der Waals surface area contributed by atoms with Gasteiger partial charge in [-0.3, -0.25) is 4.79 Å². The molecule has 0 aliphatic heterocycles. The zero-order chi connectivity index (χ0) is 19.5. The van der Waals surface area contributed by atoms with Gasteiger partial charge < -0.3 is 20.5 Å². The fourth-order valence-electron chi connectivity index (χ4n) is 2.40. The highest BCUT2D eigenvalue weighted by atomic mass is 16.5.